The summed E-state index contributed by atoms with van der Waals surface area (Å²) in [5.74, 6) is -2.32. The number of nitrogens with one attached hydrogen (secondary N) is 1. The highest BCUT2D eigenvalue weighted by molar-refractivity contribution is 6.32. The number of amides is 1. The summed E-state index contributed by atoms with van der Waals surface area (Å²) >= 11 is 5.85. The van der Waals surface area contributed by atoms with Crippen molar-refractivity contribution < 1.29 is 19.1 Å². The minimum absolute atomic E-state index is 0.0285. The van der Waals surface area contributed by atoms with Gasteiger partial charge in [0.2, 0.25) is 5.91 Å². The topological polar surface area (TPSA) is 66.4 Å². The number of hydrogen-bond donors (Lipinski definition) is 2. The van der Waals surface area contributed by atoms with Crippen LogP contribution in [-0.2, 0) is 9.59 Å². The first-order chi connectivity index (χ1) is 8.86. The number of rotatable bonds is 4. The molecule has 0 aliphatic rings. The summed E-state index contributed by atoms with van der Waals surface area (Å²) in [6.45, 7) is 2.89. The number of anilines is 1. The molecule has 6 heteroatoms. The Morgan fingerprint density at radius 2 is 2.11 bits per heavy atom. The van der Waals surface area contributed by atoms with E-state index in [1.165, 1.54) is 25.1 Å². The van der Waals surface area contributed by atoms with E-state index in [1.54, 1.807) is 6.92 Å². The molecular weight excluding hydrogens is 273 g/mol. The second-order valence-electron chi connectivity index (χ2n) is 3.83. The van der Waals surface area contributed by atoms with Crippen molar-refractivity contribution in [3.05, 3.63) is 34.1 Å². The predicted octanol–water partition coefficient (Wildman–Crippen LogP) is 3.32. The largest absolute Gasteiger partial charge is 0.478 e. The lowest BCUT2D eigenvalue weighted by Crippen LogP contribution is -2.08. The first-order valence-electron chi connectivity index (χ1n) is 5.56. The predicted molar refractivity (Wildman–Crippen MR) is 71.6 cm³/mol. The van der Waals surface area contributed by atoms with E-state index in [-0.39, 0.29) is 28.3 Å². The van der Waals surface area contributed by atoms with Crippen LogP contribution in [-0.4, -0.2) is 17.0 Å². The molecule has 0 bridgehead atoms. The van der Waals surface area contributed by atoms with Crippen LogP contribution >= 0.6 is 11.6 Å². The first-order valence-corrected chi connectivity index (χ1v) is 5.94. The van der Waals surface area contributed by atoms with Crippen LogP contribution in [0.2, 0.25) is 5.02 Å². The Morgan fingerprint density at radius 3 is 2.58 bits per heavy atom. The van der Waals surface area contributed by atoms with Crippen molar-refractivity contribution in [3.63, 3.8) is 0 Å². The molecule has 1 rings (SSSR count). The highest BCUT2D eigenvalue weighted by Gasteiger charge is 2.14. The highest BCUT2D eigenvalue weighted by Crippen LogP contribution is 2.28. The molecule has 0 radical (unpaired) electrons. The van der Waals surface area contributed by atoms with Gasteiger partial charge in [0.25, 0.3) is 0 Å². The van der Waals surface area contributed by atoms with Gasteiger partial charge in [0, 0.05) is 18.1 Å². The molecule has 0 atom stereocenters. The standard InChI is InChI=1S/C13H13ClFNO3/c1-3-8(13(18)19)6-9-10(14)4-5-11(12(9)15)16-7(2)17/h4-6H,3H2,1-2H3,(H,16,17)(H,18,19). The zero-order chi connectivity index (χ0) is 14.6. The molecule has 4 nitrogen and oxygen atoms in total. The Labute approximate surface area is 114 Å². The van der Waals surface area contributed by atoms with E-state index in [0.29, 0.717) is 0 Å². The Kier molecular flexibility index (Phi) is 5.06. The molecule has 102 valence electrons. The smallest absolute Gasteiger partial charge is 0.331 e. The molecule has 0 aromatic heterocycles. The Hall–Kier alpha value is -1.88. The van der Waals surface area contributed by atoms with Crippen molar-refractivity contribution in [2.75, 3.05) is 5.32 Å². The minimum Gasteiger partial charge on any atom is -0.478 e. The summed E-state index contributed by atoms with van der Waals surface area (Å²) in [6, 6.07) is 2.72. The van der Waals surface area contributed by atoms with E-state index in [0.717, 1.165) is 0 Å². The van der Waals surface area contributed by atoms with Crippen LogP contribution in [0.5, 0.6) is 0 Å². The average Bonchev–Trinajstić information content (AvgIpc) is 2.32. The summed E-state index contributed by atoms with van der Waals surface area (Å²) in [6.07, 6.45) is 1.40. The summed E-state index contributed by atoms with van der Waals surface area (Å²) < 4.78 is 14.1. The molecule has 0 saturated carbocycles. The molecule has 0 heterocycles. The van der Waals surface area contributed by atoms with E-state index < -0.39 is 17.7 Å². The molecule has 0 saturated heterocycles. The molecular formula is C13H13ClFNO3. The normalized spacial score (nSPS) is 11.3. The van der Waals surface area contributed by atoms with E-state index in [2.05, 4.69) is 5.32 Å². The molecule has 19 heavy (non-hydrogen) atoms. The summed E-state index contributed by atoms with van der Waals surface area (Å²) in [4.78, 5) is 21.8. The van der Waals surface area contributed by atoms with Gasteiger partial charge in [-0.3, -0.25) is 4.79 Å². The first kappa shape index (κ1) is 15.2. The van der Waals surface area contributed by atoms with Crippen molar-refractivity contribution in [2.45, 2.75) is 20.3 Å². The lowest BCUT2D eigenvalue weighted by molar-refractivity contribution is -0.132. The summed E-state index contributed by atoms with van der Waals surface area (Å²) in [5, 5.41) is 11.3. The van der Waals surface area contributed by atoms with Gasteiger partial charge in [-0.2, -0.15) is 0 Å². The van der Waals surface area contributed by atoms with E-state index >= 15 is 0 Å². The monoisotopic (exact) mass is 285 g/mol. The molecule has 2 N–H and O–H groups in total. The number of carbonyl (C=O) groups is 2. The maximum Gasteiger partial charge on any atom is 0.331 e. The Morgan fingerprint density at radius 1 is 1.47 bits per heavy atom. The zero-order valence-corrected chi connectivity index (χ0v) is 11.2. The van der Waals surface area contributed by atoms with Crippen LogP contribution in [0.4, 0.5) is 10.1 Å². The van der Waals surface area contributed by atoms with Crippen molar-refractivity contribution in [1.82, 2.24) is 0 Å². The van der Waals surface area contributed by atoms with Gasteiger partial charge in [0.05, 0.1) is 10.7 Å². The van der Waals surface area contributed by atoms with Crippen molar-refractivity contribution in [3.8, 4) is 0 Å². The number of hydrogen-bond acceptors (Lipinski definition) is 2. The van der Waals surface area contributed by atoms with E-state index in [1.807, 2.05) is 0 Å². The fourth-order valence-corrected chi connectivity index (χ4v) is 1.68. The van der Waals surface area contributed by atoms with Gasteiger partial charge < -0.3 is 10.4 Å². The van der Waals surface area contributed by atoms with Crippen molar-refractivity contribution in [2.24, 2.45) is 0 Å². The number of benzene rings is 1. The molecule has 1 aromatic carbocycles. The SMILES string of the molecule is CCC(=Cc1c(Cl)ccc(NC(C)=O)c1F)C(=O)O. The van der Waals surface area contributed by atoms with E-state index in [9.17, 15) is 14.0 Å². The maximum atomic E-state index is 14.1. The maximum absolute atomic E-state index is 14.1. The fraction of sp³-hybridized carbons (Fsp3) is 0.231. The van der Waals surface area contributed by atoms with Crippen molar-refractivity contribution in [1.29, 1.82) is 0 Å². The number of aliphatic carboxylic acids is 1. The molecule has 1 amide bonds. The second kappa shape index (κ2) is 6.33. The molecule has 0 spiro atoms. The third-order valence-electron chi connectivity index (χ3n) is 2.41. The molecule has 0 unspecified atom stereocenters. The third kappa shape index (κ3) is 3.79. The number of carboxylic acid groups (broad SMARTS) is 1. The summed E-state index contributed by atoms with van der Waals surface area (Å²) in [7, 11) is 0. The molecule has 0 aliphatic carbocycles. The van der Waals surface area contributed by atoms with Crippen LogP contribution in [0.25, 0.3) is 6.08 Å². The van der Waals surface area contributed by atoms with Gasteiger partial charge >= 0.3 is 5.97 Å². The third-order valence-corrected chi connectivity index (χ3v) is 2.74. The fourth-order valence-electron chi connectivity index (χ4n) is 1.48. The zero-order valence-electron chi connectivity index (χ0n) is 10.5. The van der Waals surface area contributed by atoms with Gasteiger partial charge in [-0.1, -0.05) is 18.5 Å². The van der Waals surface area contributed by atoms with Crippen LogP contribution in [0.3, 0.4) is 0 Å². The second-order valence-corrected chi connectivity index (χ2v) is 4.24. The van der Waals surface area contributed by atoms with Gasteiger partial charge in [0.1, 0.15) is 0 Å². The van der Waals surface area contributed by atoms with Crippen LogP contribution < -0.4 is 5.32 Å². The summed E-state index contributed by atoms with van der Waals surface area (Å²) in [5.41, 5.74) is -0.0584. The quantitative estimate of drug-likeness (QED) is 0.834. The van der Waals surface area contributed by atoms with Crippen molar-refractivity contribution >= 4 is 35.2 Å². The van der Waals surface area contributed by atoms with E-state index in [4.69, 9.17) is 16.7 Å². The molecule has 1 aromatic rings. The van der Waals surface area contributed by atoms with Gasteiger partial charge in [-0.15, -0.1) is 0 Å². The number of halogens is 2. The van der Waals surface area contributed by atoms with Crippen LogP contribution in [0.1, 0.15) is 25.8 Å². The molecule has 0 fully saturated rings. The van der Waals surface area contributed by atoms with Gasteiger partial charge in [-0.25, -0.2) is 9.18 Å². The van der Waals surface area contributed by atoms with Crippen LogP contribution in [0.15, 0.2) is 17.7 Å². The minimum atomic E-state index is -1.14. The van der Waals surface area contributed by atoms with Gasteiger partial charge in [0.15, 0.2) is 5.82 Å². The highest BCUT2D eigenvalue weighted by atomic mass is 35.5. The average molecular weight is 286 g/mol. The Balaban J connectivity index is 3.34. The molecule has 0 aliphatic heterocycles. The lowest BCUT2D eigenvalue weighted by Gasteiger charge is -2.09. The Bertz CT molecular complexity index is 555. The van der Waals surface area contributed by atoms with Crippen LogP contribution in [0, 0.1) is 5.82 Å². The van der Waals surface area contributed by atoms with Gasteiger partial charge in [-0.05, 0) is 24.6 Å². The number of carboxylic acids is 1. The number of carbonyl (C=O) groups excluding carboxylic acids is 1. The lowest BCUT2D eigenvalue weighted by atomic mass is 10.1.